The Morgan fingerprint density at radius 3 is 3.19 bits per heavy atom. The van der Waals surface area contributed by atoms with Crippen molar-refractivity contribution < 1.29 is 0 Å². The first-order chi connectivity index (χ1) is 7.83. The molecule has 84 valence electrons. The Balaban J connectivity index is 1.83. The molecule has 0 unspecified atom stereocenters. The lowest BCUT2D eigenvalue weighted by Gasteiger charge is -2.13. The van der Waals surface area contributed by atoms with E-state index in [0.29, 0.717) is 6.04 Å². The van der Waals surface area contributed by atoms with Crippen LogP contribution in [-0.4, -0.2) is 29.3 Å². The lowest BCUT2D eigenvalue weighted by atomic mass is 10.3. The molecule has 0 bridgehead atoms. The molecule has 1 aliphatic heterocycles. The molecule has 2 aromatic heterocycles. The van der Waals surface area contributed by atoms with Gasteiger partial charge in [-0.3, -0.25) is 5.10 Å². The fourth-order valence-electron chi connectivity index (χ4n) is 2.03. The van der Waals surface area contributed by atoms with Crippen molar-refractivity contribution >= 4 is 17.2 Å². The Bertz CT molecular complexity index is 462. The zero-order valence-electron chi connectivity index (χ0n) is 8.89. The van der Waals surface area contributed by atoms with Crippen molar-refractivity contribution in [2.45, 2.75) is 12.5 Å². The molecule has 1 saturated heterocycles. The van der Waals surface area contributed by atoms with E-state index in [4.69, 9.17) is 5.73 Å². The first kappa shape index (κ1) is 9.86. The van der Waals surface area contributed by atoms with Gasteiger partial charge in [0.1, 0.15) is 0 Å². The van der Waals surface area contributed by atoms with Crippen molar-refractivity contribution in [2.75, 3.05) is 18.0 Å². The molecule has 0 aromatic carbocycles. The third kappa shape index (κ3) is 1.72. The van der Waals surface area contributed by atoms with Gasteiger partial charge in [-0.15, -0.1) is 11.3 Å². The van der Waals surface area contributed by atoms with Crippen LogP contribution >= 0.6 is 11.3 Å². The van der Waals surface area contributed by atoms with E-state index in [9.17, 15) is 0 Å². The number of thiophene rings is 1. The van der Waals surface area contributed by atoms with Gasteiger partial charge in [-0.2, -0.15) is 5.10 Å². The number of aromatic amines is 1. The van der Waals surface area contributed by atoms with Gasteiger partial charge in [-0.25, -0.2) is 0 Å². The summed E-state index contributed by atoms with van der Waals surface area (Å²) in [5.41, 5.74) is 6.97. The van der Waals surface area contributed by atoms with Gasteiger partial charge in [0.25, 0.3) is 0 Å². The van der Waals surface area contributed by atoms with Crippen LogP contribution in [0.4, 0.5) is 5.82 Å². The second kappa shape index (κ2) is 3.92. The van der Waals surface area contributed by atoms with Gasteiger partial charge < -0.3 is 10.6 Å². The summed E-state index contributed by atoms with van der Waals surface area (Å²) in [7, 11) is 0. The predicted octanol–water partition coefficient (Wildman–Crippen LogP) is 1.68. The van der Waals surface area contributed by atoms with Crippen LogP contribution in [-0.2, 0) is 0 Å². The first-order valence-corrected chi connectivity index (χ1v) is 6.31. The monoisotopic (exact) mass is 234 g/mol. The second-order valence-corrected chi connectivity index (χ2v) is 5.06. The minimum atomic E-state index is 0.293. The second-order valence-electron chi connectivity index (χ2n) is 4.11. The number of aromatic nitrogens is 2. The maximum atomic E-state index is 5.89. The molecule has 3 N–H and O–H groups in total. The van der Waals surface area contributed by atoms with Crippen LogP contribution in [0.15, 0.2) is 23.6 Å². The summed E-state index contributed by atoms with van der Waals surface area (Å²) in [6.07, 6.45) is 1.06. The van der Waals surface area contributed by atoms with Crippen molar-refractivity contribution in [3.05, 3.63) is 23.6 Å². The van der Waals surface area contributed by atoms with E-state index in [-0.39, 0.29) is 0 Å². The van der Waals surface area contributed by atoms with E-state index in [1.165, 1.54) is 4.88 Å². The molecule has 1 aliphatic rings. The number of hydrogen-bond acceptors (Lipinski definition) is 4. The van der Waals surface area contributed by atoms with E-state index < -0.39 is 0 Å². The molecule has 0 saturated carbocycles. The summed E-state index contributed by atoms with van der Waals surface area (Å²) >= 11 is 1.72. The van der Waals surface area contributed by atoms with Crippen LogP contribution in [0.5, 0.6) is 0 Å². The summed E-state index contributed by atoms with van der Waals surface area (Å²) in [6, 6.07) is 6.54. The Hall–Kier alpha value is -1.33. The first-order valence-electron chi connectivity index (χ1n) is 5.43. The molecule has 16 heavy (non-hydrogen) atoms. The van der Waals surface area contributed by atoms with E-state index in [2.05, 4.69) is 32.6 Å². The SMILES string of the molecule is N[C@@H]1CCN(c2cc(-c3cccs3)[nH]n2)C1. The number of nitrogens with two attached hydrogens (primary N) is 1. The summed E-state index contributed by atoms with van der Waals surface area (Å²) in [5, 5.41) is 9.49. The van der Waals surface area contributed by atoms with Gasteiger partial charge >= 0.3 is 0 Å². The number of nitrogens with one attached hydrogen (secondary N) is 1. The van der Waals surface area contributed by atoms with Crippen molar-refractivity contribution in [1.82, 2.24) is 10.2 Å². The minimum absolute atomic E-state index is 0.293. The summed E-state index contributed by atoms with van der Waals surface area (Å²) in [4.78, 5) is 3.46. The van der Waals surface area contributed by atoms with Gasteiger partial charge in [-0.1, -0.05) is 6.07 Å². The van der Waals surface area contributed by atoms with Crippen LogP contribution in [0.1, 0.15) is 6.42 Å². The van der Waals surface area contributed by atoms with Crippen LogP contribution in [0.3, 0.4) is 0 Å². The Labute approximate surface area is 98.1 Å². The van der Waals surface area contributed by atoms with Crippen molar-refractivity contribution in [3.8, 4) is 10.6 Å². The van der Waals surface area contributed by atoms with Gasteiger partial charge in [0.15, 0.2) is 5.82 Å². The van der Waals surface area contributed by atoms with Crippen molar-refractivity contribution in [2.24, 2.45) is 5.73 Å². The number of rotatable bonds is 2. The Morgan fingerprint density at radius 1 is 1.56 bits per heavy atom. The molecular formula is C11H14N4S. The Kier molecular flexibility index (Phi) is 2.41. The lowest BCUT2D eigenvalue weighted by Crippen LogP contribution is -2.26. The lowest BCUT2D eigenvalue weighted by molar-refractivity contribution is 0.751. The molecule has 0 spiro atoms. The quantitative estimate of drug-likeness (QED) is 0.831. The van der Waals surface area contributed by atoms with Crippen LogP contribution in [0.25, 0.3) is 10.6 Å². The summed E-state index contributed by atoms with van der Waals surface area (Å²) in [6.45, 7) is 1.92. The average molecular weight is 234 g/mol. The number of nitrogens with zero attached hydrogens (tertiary/aromatic N) is 2. The van der Waals surface area contributed by atoms with Crippen LogP contribution < -0.4 is 10.6 Å². The summed E-state index contributed by atoms with van der Waals surface area (Å²) in [5.74, 6) is 1.01. The molecule has 3 rings (SSSR count). The topological polar surface area (TPSA) is 57.9 Å². The Morgan fingerprint density at radius 2 is 2.50 bits per heavy atom. The van der Waals surface area contributed by atoms with Crippen LogP contribution in [0, 0.1) is 0 Å². The third-order valence-corrected chi connectivity index (χ3v) is 3.80. The zero-order valence-corrected chi connectivity index (χ0v) is 9.70. The van der Waals surface area contributed by atoms with Crippen molar-refractivity contribution in [1.29, 1.82) is 0 Å². The fraction of sp³-hybridized carbons (Fsp3) is 0.364. The molecule has 5 heteroatoms. The highest BCUT2D eigenvalue weighted by molar-refractivity contribution is 7.13. The standard InChI is InChI=1S/C11H14N4S/c12-8-3-4-15(7-8)11-6-9(13-14-11)10-2-1-5-16-10/h1-2,5-6,8H,3-4,7,12H2,(H,13,14)/t8-/m1/s1. The number of H-pyrrole nitrogens is 1. The molecule has 0 aliphatic carbocycles. The highest BCUT2D eigenvalue weighted by Crippen LogP contribution is 2.26. The fourth-order valence-corrected chi connectivity index (χ4v) is 2.72. The predicted molar refractivity (Wildman–Crippen MR) is 66.7 cm³/mol. The zero-order chi connectivity index (χ0) is 11.0. The van der Waals surface area contributed by atoms with Crippen LogP contribution in [0.2, 0.25) is 0 Å². The maximum Gasteiger partial charge on any atom is 0.151 e. The minimum Gasteiger partial charge on any atom is -0.354 e. The van der Waals surface area contributed by atoms with E-state index in [0.717, 1.165) is 31.0 Å². The van der Waals surface area contributed by atoms with Gasteiger partial charge in [-0.05, 0) is 17.9 Å². The molecule has 3 heterocycles. The maximum absolute atomic E-state index is 5.89. The molecule has 4 nitrogen and oxygen atoms in total. The smallest absolute Gasteiger partial charge is 0.151 e. The molecule has 1 atom stereocenters. The largest absolute Gasteiger partial charge is 0.354 e. The average Bonchev–Trinajstić information content (AvgIpc) is 2.97. The van der Waals surface area contributed by atoms with Gasteiger partial charge in [0.2, 0.25) is 0 Å². The molecule has 2 aromatic rings. The normalized spacial score (nSPS) is 20.6. The highest BCUT2D eigenvalue weighted by Gasteiger charge is 2.21. The molecule has 1 fully saturated rings. The highest BCUT2D eigenvalue weighted by atomic mass is 32.1. The summed E-state index contributed by atoms with van der Waals surface area (Å²) < 4.78 is 0. The van der Waals surface area contributed by atoms with E-state index in [1.807, 2.05) is 6.07 Å². The number of hydrogen-bond donors (Lipinski definition) is 2. The third-order valence-electron chi connectivity index (χ3n) is 2.90. The number of anilines is 1. The van der Waals surface area contributed by atoms with E-state index in [1.54, 1.807) is 11.3 Å². The van der Waals surface area contributed by atoms with Gasteiger partial charge in [0.05, 0.1) is 10.6 Å². The molecule has 0 amide bonds. The van der Waals surface area contributed by atoms with Gasteiger partial charge in [0, 0.05) is 25.2 Å². The van der Waals surface area contributed by atoms with Crippen molar-refractivity contribution in [3.63, 3.8) is 0 Å². The molecular weight excluding hydrogens is 220 g/mol. The van der Waals surface area contributed by atoms with E-state index >= 15 is 0 Å². The molecule has 0 radical (unpaired) electrons.